The number of ether oxygens (including phenoxy) is 1. The van der Waals surface area contributed by atoms with Gasteiger partial charge in [0, 0.05) is 5.41 Å². The third-order valence-corrected chi connectivity index (χ3v) is 3.11. The van der Waals surface area contributed by atoms with Crippen molar-refractivity contribution in [3.63, 3.8) is 0 Å². The lowest BCUT2D eigenvalue weighted by Gasteiger charge is -2.18. The molecule has 0 radical (unpaired) electrons. The molecule has 0 aliphatic heterocycles. The molecule has 2 aromatic rings. The van der Waals surface area contributed by atoms with E-state index < -0.39 is 5.41 Å². The maximum Gasteiger partial charge on any atom is 0.225 e. The van der Waals surface area contributed by atoms with Gasteiger partial charge in [0.25, 0.3) is 0 Å². The molecule has 2 heterocycles. The van der Waals surface area contributed by atoms with Crippen LogP contribution in [0.25, 0.3) is 11.0 Å². The molecule has 0 atom stereocenters. The lowest BCUT2D eigenvalue weighted by Crippen LogP contribution is -2.34. The van der Waals surface area contributed by atoms with E-state index in [9.17, 15) is 4.79 Å². The van der Waals surface area contributed by atoms with Crippen LogP contribution in [0.1, 0.15) is 32.0 Å². The van der Waals surface area contributed by atoms with Gasteiger partial charge in [0.15, 0.2) is 0 Å². The van der Waals surface area contributed by atoms with E-state index in [0.717, 1.165) is 22.3 Å². The van der Waals surface area contributed by atoms with E-state index in [-0.39, 0.29) is 5.91 Å². The minimum absolute atomic E-state index is 0.0242. The maximum absolute atomic E-state index is 12.0. The first-order valence-electron chi connectivity index (χ1n) is 6.49. The number of nitrogens with one attached hydrogen (secondary N) is 2. The number of hydrogen-bond donors (Lipinski definition) is 2. The van der Waals surface area contributed by atoms with Gasteiger partial charge in [-0.3, -0.25) is 4.79 Å². The summed E-state index contributed by atoms with van der Waals surface area (Å²) in [6.45, 7) is 7.85. The second kappa shape index (κ2) is 5.11. The Balaban J connectivity index is 2.36. The second-order valence-electron chi connectivity index (χ2n) is 5.74. The fourth-order valence-electron chi connectivity index (χ4n) is 1.94. The van der Waals surface area contributed by atoms with Crippen molar-refractivity contribution in [2.75, 3.05) is 7.11 Å². The first kappa shape index (κ1) is 14.3. The summed E-state index contributed by atoms with van der Waals surface area (Å²) in [5.74, 6) is 0.472. The minimum Gasteiger partial charge on any atom is -0.481 e. The van der Waals surface area contributed by atoms with Gasteiger partial charge in [-0.25, -0.2) is 9.97 Å². The number of aromatic nitrogens is 3. The van der Waals surface area contributed by atoms with E-state index in [1.807, 2.05) is 27.7 Å². The normalized spacial score (nSPS) is 11.7. The Hall–Kier alpha value is -2.11. The van der Waals surface area contributed by atoms with Crippen LogP contribution in [0.2, 0.25) is 0 Å². The van der Waals surface area contributed by atoms with Crippen molar-refractivity contribution in [2.45, 2.75) is 34.2 Å². The average Bonchev–Trinajstić information content (AvgIpc) is 2.85. The molecule has 108 valence electrons. The highest BCUT2D eigenvalue weighted by molar-refractivity contribution is 5.84. The summed E-state index contributed by atoms with van der Waals surface area (Å²) < 4.78 is 5.31. The number of pyridine rings is 1. The standard InChI is InChI=1S/C14H20N4O2/c1-8-10-11(17-7-16-10)9(12(18-8)20-5)6-15-13(19)14(2,3)4/h7H,6H2,1-5H3,(H,15,19)(H,16,17). The van der Waals surface area contributed by atoms with E-state index in [4.69, 9.17) is 4.74 Å². The number of imidazole rings is 1. The number of nitrogens with zero attached hydrogens (tertiary/aromatic N) is 2. The lowest BCUT2D eigenvalue weighted by atomic mass is 9.95. The largest absolute Gasteiger partial charge is 0.481 e. The van der Waals surface area contributed by atoms with Crippen molar-refractivity contribution in [3.05, 3.63) is 17.6 Å². The molecule has 2 aromatic heterocycles. The Morgan fingerprint density at radius 3 is 2.75 bits per heavy atom. The molecule has 1 amide bonds. The molecule has 0 aromatic carbocycles. The third-order valence-electron chi connectivity index (χ3n) is 3.11. The van der Waals surface area contributed by atoms with Gasteiger partial charge in [-0.1, -0.05) is 20.8 Å². The monoisotopic (exact) mass is 276 g/mol. The molecule has 0 aliphatic rings. The molecule has 6 nitrogen and oxygen atoms in total. The molecule has 20 heavy (non-hydrogen) atoms. The number of carbonyl (C=O) groups excluding carboxylic acids is 1. The molecule has 0 aliphatic carbocycles. The van der Waals surface area contributed by atoms with Crippen LogP contribution < -0.4 is 10.1 Å². The zero-order valence-electron chi connectivity index (χ0n) is 12.5. The molecule has 2 rings (SSSR count). The van der Waals surface area contributed by atoms with Crippen molar-refractivity contribution >= 4 is 16.9 Å². The minimum atomic E-state index is -0.434. The molecular formula is C14H20N4O2. The van der Waals surface area contributed by atoms with Crippen LogP contribution >= 0.6 is 0 Å². The fraction of sp³-hybridized carbons (Fsp3) is 0.500. The Kier molecular flexibility index (Phi) is 3.65. The molecule has 2 N–H and O–H groups in total. The molecule has 0 bridgehead atoms. The van der Waals surface area contributed by atoms with E-state index >= 15 is 0 Å². The van der Waals surface area contributed by atoms with E-state index in [1.165, 1.54) is 0 Å². The van der Waals surface area contributed by atoms with Crippen LogP contribution in [0, 0.1) is 12.3 Å². The number of fused-ring (bicyclic) bond motifs is 1. The zero-order chi connectivity index (χ0) is 14.9. The lowest BCUT2D eigenvalue weighted by molar-refractivity contribution is -0.128. The Labute approximate surface area is 118 Å². The molecule has 0 spiro atoms. The highest BCUT2D eigenvalue weighted by Gasteiger charge is 2.22. The molecule has 0 unspecified atom stereocenters. The van der Waals surface area contributed by atoms with Crippen molar-refractivity contribution in [1.82, 2.24) is 20.3 Å². The van der Waals surface area contributed by atoms with Gasteiger partial charge in [0.1, 0.15) is 5.52 Å². The highest BCUT2D eigenvalue weighted by atomic mass is 16.5. The van der Waals surface area contributed by atoms with Crippen LogP contribution in [0.4, 0.5) is 0 Å². The smallest absolute Gasteiger partial charge is 0.225 e. The average molecular weight is 276 g/mol. The first-order valence-corrected chi connectivity index (χ1v) is 6.49. The number of carbonyl (C=O) groups is 1. The summed E-state index contributed by atoms with van der Waals surface area (Å²) in [6, 6.07) is 0. The van der Waals surface area contributed by atoms with Crippen molar-refractivity contribution < 1.29 is 9.53 Å². The summed E-state index contributed by atoms with van der Waals surface area (Å²) in [5, 5.41) is 2.90. The number of methoxy groups -OCH3 is 1. The maximum atomic E-state index is 12.0. The third kappa shape index (κ3) is 2.59. The number of aromatic amines is 1. The summed E-state index contributed by atoms with van der Waals surface area (Å²) in [7, 11) is 1.56. The number of H-pyrrole nitrogens is 1. The molecule has 6 heteroatoms. The van der Waals surface area contributed by atoms with Crippen LogP contribution in [0.15, 0.2) is 6.33 Å². The Bertz CT molecular complexity index is 640. The van der Waals surface area contributed by atoms with E-state index in [1.54, 1.807) is 13.4 Å². The van der Waals surface area contributed by atoms with Crippen LogP contribution in [-0.2, 0) is 11.3 Å². The summed E-state index contributed by atoms with van der Waals surface area (Å²) in [6.07, 6.45) is 1.62. The first-order chi connectivity index (χ1) is 9.34. The zero-order valence-corrected chi connectivity index (χ0v) is 12.5. The van der Waals surface area contributed by atoms with Gasteiger partial charge >= 0.3 is 0 Å². The van der Waals surface area contributed by atoms with Gasteiger partial charge in [-0.2, -0.15) is 0 Å². The van der Waals surface area contributed by atoms with Gasteiger partial charge in [-0.15, -0.1) is 0 Å². The van der Waals surface area contributed by atoms with Crippen molar-refractivity contribution in [2.24, 2.45) is 5.41 Å². The van der Waals surface area contributed by atoms with Gasteiger partial charge < -0.3 is 15.0 Å². The van der Waals surface area contributed by atoms with Crippen LogP contribution in [0.3, 0.4) is 0 Å². The molecule has 0 saturated heterocycles. The van der Waals surface area contributed by atoms with E-state index in [0.29, 0.717) is 12.4 Å². The number of hydrogen-bond acceptors (Lipinski definition) is 4. The predicted molar refractivity (Wildman–Crippen MR) is 76.5 cm³/mol. The topological polar surface area (TPSA) is 79.9 Å². The molecular weight excluding hydrogens is 256 g/mol. The fourth-order valence-corrected chi connectivity index (χ4v) is 1.94. The summed E-state index contributed by atoms with van der Waals surface area (Å²) in [4.78, 5) is 23.7. The number of amides is 1. The van der Waals surface area contributed by atoms with Gasteiger partial charge in [-0.05, 0) is 6.92 Å². The number of aryl methyl sites for hydroxylation is 1. The highest BCUT2D eigenvalue weighted by Crippen LogP contribution is 2.26. The van der Waals surface area contributed by atoms with Crippen LogP contribution in [0.5, 0.6) is 5.88 Å². The van der Waals surface area contributed by atoms with Crippen molar-refractivity contribution in [3.8, 4) is 5.88 Å². The Morgan fingerprint density at radius 1 is 1.45 bits per heavy atom. The number of rotatable bonds is 3. The van der Waals surface area contributed by atoms with Gasteiger partial charge in [0.05, 0.1) is 36.8 Å². The van der Waals surface area contributed by atoms with Gasteiger partial charge in [0.2, 0.25) is 11.8 Å². The van der Waals surface area contributed by atoms with Crippen LogP contribution in [-0.4, -0.2) is 28.0 Å². The summed E-state index contributed by atoms with van der Waals surface area (Å²) in [5.41, 5.74) is 2.82. The van der Waals surface area contributed by atoms with E-state index in [2.05, 4.69) is 20.3 Å². The predicted octanol–water partition coefficient (Wildman–Crippen LogP) is 1.94. The Morgan fingerprint density at radius 2 is 2.15 bits per heavy atom. The molecule has 0 saturated carbocycles. The van der Waals surface area contributed by atoms with Crippen molar-refractivity contribution in [1.29, 1.82) is 0 Å². The quantitative estimate of drug-likeness (QED) is 0.897. The molecule has 0 fully saturated rings. The summed E-state index contributed by atoms with van der Waals surface area (Å²) >= 11 is 0. The SMILES string of the molecule is COc1nc(C)c2[nH]cnc2c1CNC(=O)C(C)(C)C. The second-order valence-corrected chi connectivity index (χ2v) is 5.74.